The fourth-order valence-corrected chi connectivity index (χ4v) is 4.41. The van der Waals surface area contributed by atoms with Crippen LogP contribution in [0.1, 0.15) is 19.3 Å². The number of nitrogens with two attached hydrogens (primary N) is 1. The lowest BCUT2D eigenvalue weighted by Crippen LogP contribution is -2.56. The summed E-state index contributed by atoms with van der Waals surface area (Å²) in [6.45, 7) is -0.188. The van der Waals surface area contributed by atoms with Crippen LogP contribution in [0.2, 0.25) is 0 Å². The summed E-state index contributed by atoms with van der Waals surface area (Å²) in [5.41, 5.74) is 5.28. The van der Waals surface area contributed by atoms with Gasteiger partial charge in [0.25, 0.3) is 0 Å². The number of anilines is 1. The highest BCUT2D eigenvalue weighted by Crippen LogP contribution is 2.34. The number of sulfonamides is 1. The van der Waals surface area contributed by atoms with Crippen molar-refractivity contribution in [2.75, 3.05) is 12.3 Å². The molecule has 0 saturated heterocycles. The first-order valence-corrected chi connectivity index (χ1v) is 7.86. The molecule has 0 aromatic heterocycles. The molecule has 0 amide bonds. The van der Waals surface area contributed by atoms with Gasteiger partial charge in [0.15, 0.2) is 0 Å². The zero-order valence-electron chi connectivity index (χ0n) is 9.69. The number of nitrogens with one attached hydrogen (secondary N) is 1. The summed E-state index contributed by atoms with van der Waals surface area (Å²) in [5, 5.41) is 9.31. The van der Waals surface area contributed by atoms with Gasteiger partial charge in [0, 0.05) is 10.2 Å². The maximum atomic E-state index is 12.3. The van der Waals surface area contributed by atoms with Crippen LogP contribution in [0.15, 0.2) is 27.6 Å². The molecule has 0 heterocycles. The molecule has 100 valence electrons. The van der Waals surface area contributed by atoms with E-state index in [1.165, 1.54) is 6.07 Å². The second-order valence-corrected chi connectivity index (χ2v) is 7.09. The van der Waals surface area contributed by atoms with E-state index in [0.29, 0.717) is 23.0 Å². The Morgan fingerprint density at radius 1 is 1.44 bits per heavy atom. The van der Waals surface area contributed by atoms with Crippen molar-refractivity contribution in [1.29, 1.82) is 0 Å². The van der Waals surface area contributed by atoms with Crippen LogP contribution in [0.3, 0.4) is 0 Å². The van der Waals surface area contributed by atoms with Crippen LogP contribution in [0.25, 0.3) is 0 Å². The summed E-state index contributed by atoms with van der Waals surface area (Å²) in [6.07, 6.45) is 2.23. The molecule has 4 N–H and O–H groups in total. The molecule has 0 bridgehead atoms. The Hall–Kier alpha value is -0.630. The number of aliphatic hydroxyl groups is 1. The third-order valence-corrected chi connectivity index (χ3v) is 5.78. The molecule has 5 nitrogen and oxygen atoms in total. The Kier molecular flexibility index (Phi) is 3.68. The van der Waals surface area contributed by atoms with Gasteiger partial charge in [-0.15, -0.1) is 0 Å². The number of hydrogen-bond acceptors (Lipinski definition) is 4. The van der Waals surface area contributed by atoms with Gasteiger partial charge in [-0.2, -0.15) is 0 Å². The molecule has 1 fully saturated rings. The average molecular weight is 335 g/mol. The second-order valence-electron chi connectivity index (χ2n) is 4.59. The molecule has 1 aromatic rings. The van der Waals surface area contributed by atoms with E-state index in [-0.39, 0.29) is 11.5 Å². The highest BCUT2D eigenvalue weighted by atomic mass is 79.9. The maximum absolute atomic E-state index is 12.3. The van der Waals surface area contributed by atoms with Crippen molar-refractivity contribution >= 4 is 31.6 Å². The van der Waals surface area contributed by atoms with Gasteiger partial charge >= 0.3 is 0 Å². The van der Waals surface area contributed by atoms with E-state index >= 15 is 0 Å². The minimum atomic E-state index is -3.68. The summed E-state index contributed by atoms with van der Waals surface area (Å²) >= 11 is 3.20. The van der Waals surface area contributed by atoms with Crippen molar-refractivity contribution in [2.24, 2.45) is 0 Å². The molecule has 0 aliphatic heterocycles. The number of rotatable bonds is 4. The summed E-state index contributed by atoms with van der Waals surface area (Å²) in [6, 6.07) is 4.61. The van der Waals surface area contributed by atoms with Gasteiger partial charge in [-0.05, 0) is 53.4 Å². The van der Waals surface area contributed by atoms with Crippen molar-refractivity contribution in [3.05, 3.63) is 22.7 Å². The maximum Gasteiger partial charge on any atom is 0.242 e. The highest BCUT2D eigenvalue weighted by molar-refractivity contribution is 9.10. The first kappa shape index (κ1) is 13.8. The predicted octanol–water partition coefficient (Wildman–Crippen LogP) is 1.22. The molecule has 0 unspecified atom stereocenters. The first-order valence-electron chi connectivity index (χ1n) is 5.58. The first-order chi connectivity index (χ1) is 8.38. The minimum absolute atomic E-state index is 0.0993. The van der Waals surface area contributed by atoms with Crippen LogP contribution in [0.5, 0.6) is 0 Å². The van der Waals surface area contributed by atoms with Gasteiger partial charge in [0.1, 0.15) is 0 Å². The van der Waals surface area contributed by atoms with Crippen molar-refractivity contribution in [3.8, 4) is 0 Å². The van der Waals surface area contributed by atoms with E-state index < -0.39 is 15.6 Å². The van der Waals surface area contributed by atoms with Crippen LogP contribution in [0.4, 0.5) is 5.69 Å². The summed E-state index contributed by atoms with van der Waals surface area (Å²) in [5.74, 6) is 0. The average Bonchev–Trinajstić information content (AvgIpc) is 2.27. The van der Waals surface area contributed by atoms with E-state index in [1.54, 1.807) is 12.1 Å². The van der Waals surface area contributed by atoms with Gasteiger partial charge in [0.2, 0.25) is 10.0 Å². The van der Waals surface area contributed by atoms with Crippen LogP contribution in [-0.4, -0.2) is 25.7 Å². The van der Waals surface area contributed by atoms with Crippen molar-refractivity contribution in [2.45, 2.75) is 29.7 Å². The molecule has 1 aliphatic carbocycles. The lowest BCUT2D eigenvalue weighted by molar-refractivity contribution is 0.110. The van der Waals surface area contributed by atoms with E-state index in [2.05, 4.69) is 20.7 Å². The largest absolute Gasteiger partial charge is 0.399 e. The third kappa shape index (κ3) is 2.54. The van der Waals surface area contributed by atoms with E-state index in [0.717, 1.165) is 6.42 Å². The normalized spacial score (nSPS) is 18.3. The SMILES string of the molecule is Nc1ccc(Br)c(S(=O)(=O)NC2(CO)CCC2)c1. The number of aliphatic hydroxyl groups excluding tert-OH is 1. The lowest BCUT2D eigenvalue weighted by atomic mass is 9.78. The van der Waals surface area contributed by atoms with E-state index in [9.17, 15) is 13.5 Å². The molecule has 0 atom stereocenters. The van der Waals surface area contributed by atoms with Crippen LogP contribution in [-0.2, 0) is 10.0 Å². The monoisotopic (exact) mass is 334 g/mol. The van der Waals surface area contributed by atoms with Crippen LogP contribution < -0.4 is 10.5 Å². The third-order valence-electron chi connectivity index (χ3n) is 3.21. The molecule has 2 rings (SSSR count). The Labute approximate surface area is 115 Å². The van der Waals surface area contributed by atoms with Crippen molar-refractivity contribution in [1.82, 2.24) is 4.72 Å². The Morgan fingerprint density at radius 3 is 2.61 bits per heavy atom. The molecular formula is C11H15BrN2O3S. The summed E-state index contributed by atoms with van der Waals surface area (Å²) in [4.78, 5) is 0.0993. The Bertz CT molecular complexity index is 550. The van der Waals surface area contributed by atoms with E-state index in [4.69, 9.17) is 5.73 Å². The highest BCUT2D eigenvalue weighted by Gasteiger charge is 2.40. The lowest BCUT2D eigenvalue weighted by Gasteiger charge is -2.40. The van der Waals surface area contributed by atoms with Crippen molar-refractivity contribution < 1.29 is 13.5 Å². The quantitative estimate of drug-likeness (QED) is 0.722. The molecule has 7 heteroatoms. The predicted molar refractivity (Wildman–Crippen MR) is 72.5 cm³/mol. The Balaban J connectivity index is 2.33. The summed E-state index contributed by atoms with van der Waals surface area (Å²) in [7, 11) is -3.68. The van der Waals surface area contributed by atoms with Gasteiger partial charge in [-0.1, -0.05) is 0 Å². The number of benzene rings is 1. The van der Waals surface area contributed by atoms with E-state index in [1.807, 2.05) is 0 Å². The minimum Gasteiger partial charge on any atom is -0.399 e. The van der Waals surface area contributed by atoms with Crippen LogP contribution in [0, 0.1) is 0 Å². The number of nitrogen functional groups attached to an aromatic ring is 1. The van der Waals surface area contributed by atoms with Gasteiger partial charge in [-0.3, -0.25) is 0 Å². The molecular weight excluding hydrogens is 320 g/mol. The topological polar surface area (TPSA) is 92.4 Å². The Morgan fingerprint density at radius 2 is 2.11 bits per heavy atom. The zero-order valence-corrected chi connectivity index (χ0v) is 12.1. The second kappa shape index (κ2) is 4.80. The fourth-order valence-electron chi connectivity index (χ4n) is 1.96. The zero-order chi connectivity index (χ0) is 13.4. The van der Waals surface area contributed by atoms with Gasteiger partial charge < -0.3 is 10.8 Å². The van der Waals surface area contributed by atoms with Gasteiger partial charge in [0.05, 0.1) is 17.0 Å². The van der Waals surface area contributed by atoms with Gasteiger partial charge in [-0.25, -0.2) is 13.1 Å². The molecule has 18 heavy (non-hydrogen) atoms. The molecule has 0 radical (unpaired) electrons. The fraction of sp³-hybridized carbons (Fsp3) is 0.455. The smallest absolute Gasteiger partial charge is 0.242 e. The molecule has 0 spiro atoms. The molecule has 1 aromatic carbocycles. The summed E-state index contributed by atoms with van der Waals surface area (Å²) < 4.78 is 27.6. The van der Waals surface area contributed by atoms with Crippen LogP contribution >= 0.6 is 15.9 Å². The number of hydrogen-bond donors (Lipinski definition) is 3. The standard InChI is InChI=1S/C11H15BrN2O3S/c12-9-3-2-8(13)6-10(9)18(16,17)14-11(7-15)4-1-5-11/h2-3,6,14-15H,1,4-5,7,13H2. The molecule has 1 aliphatic rings. The molecule has 1 saturated carbocycles. The number of halogens is 1. The van der Waals surface area contributed by atoms with Crippen molar-refractivity contribution in [3.63, 3.8) is 0 Å².